The number of nitrogens with one attached hydrogen (secondary N) is 1. The summed E-state index contributed by atoms with van der Waals surface area (Å²) in [5.74, 6) is 0.616. The summed E-state index contributed by atoms with van der Waals surface area (Å²) in [4.78, 5) is 21.5. The van der Waals surface area contributed by atoms with Gasteiger partial charge in [0, 0.05) is 13.6 Å². The van der Waals surface area contributed by atoms with Gasteiger partial charge in [-0.05, 0) is 13.0 Å². The van der Waals surface area contributed by atoms with Gasteiger partial charge in [-0.1, -0.05) is 26.2 Å². The molecule has 0 bridgehead atoms. The summed E-state index contributed by atoms with van der Waals surface area (Å²) >= 11 is 0. The molecule has 0 atom stereocenters. The Morgan fingerprint density at radius 3 is 2.86 bits per heavy atom. The van der Waals surface area contributed by atoms with Crippen molar-refractivity contribution in [3.05, 3.63) is 22.4 Å². The van der Waals surface area contributed by atoms with Crippen molar-refractivity contribution in [2.75, 3.05) is 19.7 Å². The van der Waals surface area contributed by atoms with Crippen LogP contribution in [0.2, 0.25) is 0 Å². The van der Waals surface area contributed by atoms with Gasteiger partial charge in [-0.15, -0.1) is 0 Å². The number of aliphatic hydroxyl groups is 1. The highest BCUT2D eigenvalue weighted by Crippen LogP contribution is 2.07. The summed E-state index contributed by atoms with van der Waals surface area (Å²) < 4.78 is 1.60. The van der Waals surface area contributed by atoms with Gasteiger partial charge in [0.05, 0.1) is 19.3 Å². The molecule has 2 rings (SSSR count). The Morgan fingerprint density at radius 1 is 1.32 bits per heavy atom. The first-order valence-corrected chi connectivity index (χ1v) is 7.89. The summed E-state index contributed by atoms with van der Waals surface area (Å²) in [6.07, 6.45) is 6.23. The molecule has 0 aromatic carbocycles. The Labute approximate surface area is 130 Å². The van der Waals surface area contributed by atoms with E-state index < -0.39 is 0 Å². The molecule has 22 heavy (non-hydrogen) atoms. The summed E-state index contributed by atoms with van der Waals surface area (Å²) in [5.41, 5.74) is 0.428. The van der Waals surface area contributed by atoms with Gasteiger partial charge in [-0.25, -0.2) is 4.98 Å². The van der Waals surface area contributed by atoms with Gasteiger partial charge < -0.3 is 10.1 Å². The van der Waals surface area contributed by atoms with E-state index in [0.29, 0.717) is 29.9 Å². The lowest BCUT2D eigenvalue weighted by atomic mass is 10.2. The summed E-state index contributed by atoms with van der Waals surface area (Å²) in [7, 11) is 1.77. The van der Waals surface area contributed by atoms with E-state index in [1.807, 2.05) is 0 Å². The van der Waals surface area contributed by atoms with Crippen molar-refractivity contribution in [1.29, 1.82) is 0 Å². The number of aromatic amines is 1. The zero-order chi connectivity index (χ0) is 15.9. The minimum Gasteiger partial charge on any atom is -0.395 e. The van der Waals surface area contributed by atoms with Gasteiger partial charge in [-0.3, -0.25) is 14.4 Å². The molecular weight excluding hydrogens is 282 g/mol. The van der Waals surface area contributed by atoms with Crippen molar-refractivity contribution in [2.24, 2.45) is 7.05 Å². The molecule has 0 amide bonds. The molecule has 2 aromatic heterocycles. The Kier molecular flexibility index (Phi) is 6.09. The Balaban J connectivity index is 2.08. The largest absolute Gasteiger partial charge is 0.395 e. The number of aryl methyl sites for hydroxylation is 1. The lowest BCUT2D eigenvalue weighted by Gasteiger charge is -2.20. The third-order valence-corrected chi connectivity index (χ3v) is 3.77. The second kappa shape index (κ2) is 8.05. The van der Waals surface area contributed by atoms with Crippen molar-refractivity contribution in [3.63, 3.8) is 0 Å². The molecule has 0 aliphatic carbocycles. The van der Waals surface area contributed by atoms with Crippen molar-refractivity contribution in [2.45, 2.75) is 39.2 Å². The fraction of sp³-hybridized carbons (Fsp3) is 0.667. The van der Waals surface area contributed by atoms with Gasteiger partial charge in [0.2, 0.25) is 0 Å². The lowest BCUT2D eigenvalue weighted by Crippen LogP contribution is -2.29. The molecular formula is C15H25N5O2. The highest BCUT2D eigenvalue weighted by molar-refractivity contribution is 5.72. The summed E-state index contributed by atoms with van der Waals surface area (Å²) in [6.45, 7) is 4.30. The number of aliphatic hydroxyl groups excluding tert-OH is 1. The maximum atomic E-state index is 12.0. The number of fused-ring (bicyclic) bond motifs is 1. The first-order chi connectivity index (χ1) is 10.7. The number of nitrogens with zero attached hydrogens (tertiary/aromatic N) is 4. The summed E-state index contributed by atoms with van der Waals surface area (Å²) in [6, 6.07) is 0. The smallest absolute Gasteiger partial charge is 0.262 e. The number of H-pyrrole nitrogens is 1. The minimum absolute atomic E-state index is 0.103. The van der Waals surface area contributed by atoms with Gasteiger partial charge in [-0.2, -0.15) is 5.10 Å². The molecule has 0 aliphatic rings. The van der Waals surface area contributed by atoms with Gasteiger partial charge in [0.1, 0.15) is 11.2 Å². The van der Waals surface area contributed by atoms with E-state index in [0.717, 1.165) is 13.0 Å². The van der Waals surface area contributed by atoms with Gasteiger partial charge in [0.15, 0.2) is 5.65 Å². The monoisotopic (exact) mass is 307 g/mol. The zero-order valence-electron chi connectivity index (χ0n) is 13.4. The number of rotatable bonds is 9. The summed E-state index contributed by atoms with van der Waals surface area (Å²) in [5, 5.41) is 13.8. The molecule has 2 aromatic rings. The molecule has 7 nitrogen and oxygen atoms in total. The molecule has 2 heterocycles. The Morgan fingerprint density at radius 2 is 2.14 bits per heavy atom. The van der Waals surface area contributed by atoms with Crippen molar-refractivity contribution < 1.29 is 5.11 Å². The molecule has 0 unspecified atom stereocenters. The molecule has 2 N–H and O–H groups in total. The van der Waals surface area contributed by atoms with E-state index in [1.165, 1.54) is 25.5 Å². The third-order valence-electron chi connectivity index (χ3n) is 3.77. The molecule has 0 spiro atoms. The van der Waals surface area contributed by atoms with Crippen LogP contribution in [-0.4, -0.2) is 49.5 Å². The number of hydrogen-bond donors (Lipinski definition) is 2. The molecule has 0 saturated carbocycles. The van der Waals surface area contributed by atoms with Crippen LogP contribution in [0, 0.1) is 0 Å². The Bertz CT molecular complexity index is 649. The first kappa shape index (κ1) is 16.6. The maximum absolute atomic E-state index is 12.0. The van der Waals surface area contributed by atoms with Crippen LogP contribution in [0.3, 0.4) is 0 Å². The Hall–Kier alpha value is -1.73. The molecule has 0 fully saturated rings. The minimum atomic E-state index is -0.164. The first-order valence-electron chi connectivity index (χ1n) is 7.89. The zero-order valence-corrected chi connectivity index (χ0v) is 13.4. The highest BCUT2D eigenvalue weighted by atomic mass is 16.3. The van der Waals surface area contributed by atoms with E-state index in [2.05, 4.69) is 26.9 Å². The predicted molar refractivity (Wildman–Crippen MR) is 85.6 cm³/mol. The van der Waals surface area contributed by atoms with Gasteiger partial charge >= 0.3 is 0 Å². The van der Waals surface area contributed by atoms with Crippen LogP contribution in [-0.2, 0) is 13.6 Å². The van der Waals surface area contributed by atoms with E-state index in [4.69, 9.17) is 0 Å². The average molecular weight is 307 g/mol. The van der Waals surface area contributed by atoms with Crippen LogP contribution < -0.4 is 5.56 Å². The SMILES string of the molecule is CCCCCCN(CCO)Cc1nc2c(cnn2C)c(=O)[nH]1. The van der Waals surface area contributed by atoms with Crippen molar-refractivity contribution >= 4 is 11.0 Å². The van der Waals surface area contributed by atoms with E-state index >= 15 is 0 Å². The van der Waals surface area contributed by atoms with Crippen molar-refractivity contribution in [1.82, 2.24) is 24.6 Å². The molecule has 0 saturated heterocycles. The topological polar surface area (TPSA) is 87.0 Å². The normalized spacial score (nSPS) is 11.6. The van der Waals surface area contributed by atoms with Crippen LogP contribution in [0.5, 0.6) is 0 Å². The van der Waals surface area contributed by atoms with Crippen LogP contribution >= 0.6 is 0 Å². The van der Waals surface area contributed by atoms with Gasteiger partial charge in [0.25, 0.3) is 5.56 Å². The van der Waals surface area contributed by atoms with Crippen LogP contribution in [0.1, 0.15) is 38.4 Å². The fourth-order valence-electron chi connectivity index (χ4n) is 2.54. The molecule has 0 aliphatic heterocycles. The molecule has 0 radical (unpaired) electrons. The lowest BCUT2D eigenvalue weighted by molar-refractivity contribution is 0.184. The second-order valence-corrected chi connectivity index (χ2v) is 5.58. The number of hydrogen-bond acceptors (Lipinski definition) is 5. The third kappa shape index (κ3) is 4.14. The van der Waals surface area contributed by atoms with E-state index in [-0.39, 0.29) is 12.2 Å². The standard InChI is InChI=1S/C15H25N5O2/c1-3-4-5-6-7-20(8-9-21)11-13-17-14-12(15(22)18-13)10-16-19(14)2/h10,21H,3-9,11H2,1-2H3,(H,17,18,22). The second-order valence-electron chi connectivity index (χ2n) is 5.58. The average Bonchev–Trinajstić information content (AvgIpc) is 2.86. The van der Waals surface area contributed by atoms with Crippen molar-refractivity contribution in [3.8, 4) is 0 Å². The fourth-order valence-corrected chi connectivity index (χ4v) is 2.54. The van der Waals surface area contributed by atoms with Crippen LogP contribution in [0.15, 0.2) is 11.0 Å². The van der Waals surface area contributed by atoms with E-state index in [9.17, 15) is 9.90 Å². The van der Waals surface area contributed by atoms with Crippen LogP contribution in [0.4, 0.5) is 0 Å². The highest BCUT2D eigenvalue weighted by Gasteiger charge is 2.11. The van der Waals surface area contributed by atoms with E-state index in [1.54, 1.807) is 11.7 Å². The predicted octanol–water partition coefficient (Wildman–Crippen LogP) is 1.03. The number of unbranched alkanes of at least 4 members (excludes halogenated alkanes) is 3. The maximum Gasteiger partial charge on any atom is 0.262 e. The molecule has 7 heteroatoms. The van der Waals surface area contributed by atoms with Crippen LogP contribution in [0.25, 0.3) is 11.0 Å². The number of aromatic nitrogens is 4. The quantitative estimate of drug-likeness (QED) is 0.676. The molecule has 122 valence electrons.